The summed E-state index contributed by atoms with van der Waals surface area (Å²) in [6.45, 7) is 5.87. The molecule has 8 heteroatoms. The predicted molar refractivity (Wildman–Crippen MR) is 135 cm³/mol. The Bertz CT molecular complexity index is 1480. The minimum Gasteiger partial charge on any atom is -0.317 e. The first-order chi connectivity index (χ1) is 16.3. The van der Waals surface area contributed by atoms with Gasteiger partial charge in [0.05, 0.1) is 16.9 Å². The Morgan fingerprint density at radius 2 is 1.62 bits per heavy atom. The van der Waals surface area contributed by atoms with Crippen LogP contribution in [0, 0.1) is 26.6 Å². The molecule has 34 heavy (non-hydrogen) atoms. The van der Waals surface area contributed by atoms with E-state index in [1.165, 1.54) is 6.07 Å². The number of benzene rings is 3. The minimum absolute atomic E-state index is 0.274. The topological polar surface area (TPSA) is 62.5 Å². The highest BCUT2D eigenvalue weighted by Gasteiger charge is 2.43. The van der Waals surface area contributed by atoms with Crippen LogP contribution >= 0.6 is 7.44 Å². The standard InChI is InChI=1S/C26H25FN5OP/c1-17-14-15-20(16-18(17)2)30-34(33)24-19(3)29-32(21-10-6-5-7-11-21)26(24)28-25(31(34)4)22-12-8-9-13-23(22)27/h5-16H,1-4H3,(H,30,33). The molecule has 0 radical (unpaired) electrons. The second kappa shape index (κ2) is 8.26. The number of amidine groups is 1. The summed E-state index contributed by atoms with van der Waals surface area (Å²) in [4.78, 5) is 4.81. The van der Waals surface area contributed by atoms with Crippen molar-refractivity contribution in [2.24, 2.45) is 4.99 Å². The van der Waals surface area contributed by atoms with Crippen LogP contribution < -0.4 is 10.4 Å². The Morgan fingerprint density at radius 3 is 2.32 bits per heavy atom. The number of aromatic nitrogens is 2. The summed E-state index contributed by atoms with van der Waals surface area (Å²) in [6, 6.07) is 21.8. The number of fused-ring (bicyclic) bond motifs is 1. The highest BCUT2D eigenvalue weighted by atomic mass is 31.2. The molecule has 1 aliphatic heterocycles. The zero-order valence-corrected chi connectivity index (χ0v) is 20.3. The predicted octanol–water partition coefficient (Wildman–Crippen LogP) is 5.89. The van der Waals surface area contributed by atoms with Crippen molar-refractivity contribution in [3.8, 4) is 5.69 Å². The van der Waals surface area contributed by atoms with Crippen molar-refractivity contribution in [1.82, 2.24) is 14.5 Å². The van der Waals surface area contributed by atoms with E-state index < -0.39 is 13.3 Å². The van der Waals surface area contributed by atoms with Gasteiger partial charge in [-0.1, -0.05) is 36.4 Å². The van der Waals surface area contributed by atoms with Crippen LogP contribution in [-0.2, 0) is 4.57 Å². The van der Waals surface area contributed by atoms with Crippen LogP contribution in [0.1, 0.15) is 22.4 Å². The van der Waals surface area contributed by atoms with E-state index in [0.29, 0.717) is 22.5 Å². The maximum absolute atomic E-state index is 14.9. The Kier molecular flexibility index (Phi) is 5.37. The first-order valence-corrected chi connectivity index (χ1v) is 12.6. The SMILES string of the molecule is Cc1ccc(NP2(=O)c3c(C)nn(-c4ccccc4)c3N=C(c3ccccc3F)N2C)cc1C. The largest absolute Gasteiger partial charge is 0.317 e. The summed E-state index contributed by atoms with van der Waals surface area (Å²) in [5, 5.41) is 8.49. The maximum Gasteiger partial charge on any atom is 0.296 e. The smallest absolute Gasteiger partial charge is 0.296 e. The Labute approximate surface area is 198 Å². The van der Waals surface area contributed by atoms with E-state index in [0.717, 1.165) is 16.8 Å². The first-order valence-electron chi connectivity index (χ1n) is 11.0. The van der Waals surface area contributed by atoms with Gasteiger partial charge in [-0.15, -0.1) is 0 Å². The van der Waals surface area contributed by atoms with Crippen molar-refractivity contribution < 1.29 is 8.96 Å². The highest BCUT2D eigenvalue weighted by molar-refractivity contribution is 7.72. The van der Waals surface area contributed by atoms with Gasteiger partial charge in [-0.2, -0.15) is 5.10 Å². The van der Waals surface area contributed by atoms with Gasteiger partial charge >= 0.3 is 0 Å². The molecule has 0 aliphatic carbocycles. The lowest BCUT2D eigenvalue weighted by molar-refractivity contribution is 0.552. The lowest BCUT2D eigenvalue weighted by Gasteiger charge is -2.35. The lowest BCUT2D eigenvalue weighted by atomic mass is 10.1. The highest BCUT2D eigenvalue weighted by Crippen LogP contribution is 2.54. The Hall–Kier alpha value is -3.70. The fourth-order valence-corrected chi connectivity index (χ4v) is 6.53. The molecule has 1 aromatic heterocycles. The van der Waals surface area contributed by atoms with Gasteiger partial charge in [-0.25, -0.2) is 14.1 Å². The summed E-state index contributed by atoms with van der Waals surface area (Å²) in [5.74, 6) is 0.277. The summed E-state index contributed by atoms with van der Waals surface area (Å²) >= 11 is 0. The zero-order valence-electron chi connectivity index (χ0n) is 19.5. The number of halogens is 1. The van der Waals surface area contributed by atoms with Crippen LogP contribution in [-0.4, -0.2) is 27.3 Å². The van der Waals surface area contributed by atoms with Gasteiger partial charge in [0.2, 0.25) is 0 Å². The molecule has 0 saturated heterocycles. The number of rotatable bonds is 4. The number of aliphatic imine (C=N–C) groups is 1. The Morgan fingerprint density at radius 1 is 0.912 bits per heavy atom. The number of hydrogen-bond acceptors (Lipinski definition) is 3. The monoisotopic (exact) mass is 473 g/mol. The molecule has 1 aliphatic rings. The molecule has 3 aromatic carbocycles. The number of nitrogens with zero attached hydrogens (tertiary/aromatic N) is 4. The summed E-state index contributed by atoms with van der Waals surface area (Å²) in [5.41, 5.74) is 4.59. The molecular weight excluding hydrogens is 448 g/mol. The van der Waals surface area contributed by atoms with E-state index in [1.807, 2.05) is 69.3 Å². The molecule has 0 fully saturated rings. The molecule has 0 saturated carbocycles. The van der Waals surface area contributed by atoms with Gasteiger partial charge in [0.25, 0.3) is 7.44 Å². The minimum atomic E-state index is -3.53. The van der Waals surface area contributed by atoms with Gasteiger partial charge in [0.15, 0.2) is 5.82 Å². The summed E-state index contributed by atoms with van der Waals surface area (Å²) in [7, 11) is -1.84. The van der Waals surface area contributed by atoms with Gasteiger partial charge in [0, 0.05) is 12.7 Å². The van der Waals surface area contributed by atoms with Crippen molar-refractivity contribution in [2.75, 3.05) is 12.1 Å². The van der Waals surface area contributed by atoms with Crippen LogP contribution in [0.4, 0.5) is 15.9 Å². The molecule has 172 valence electrons. The van der Waals surface area contributed by atoms with Crippen molar-refractivity contribution in [2.45, 2.75) is 20.8 Å². The molecule has 1 unspecified atom stereocenters. The molecule has 0 bridgehead atoms. The van der Waals surface area contributed by atoms with Gasteiger partial charge in [0.1, 0.15) is 17.0 Å². The van der Waals surface area contributed by atoms with Crippen LogP contribution in [0.15, 0.2) is 77.8 Å². The zero-order chi connectivity index (χ0) is 24.0. The third-order valence-electron chi connectivity index (χ3n) is 6.15. The van der Waals surface area contributed by atoms with Crippen molar-refractivity contribution >= 4 is 30.1 Å². The molecular formula is C26H25FN5OP. The van der Waals surface area contributed by atoms with Crippen molar-refractivity contribution in [3.05, 3.63) is 101 Å². The van der Waals surface area contributed by atoms with Gasteiger partial charge in [-0.05, 0) is 68.3 Å². The fraction of sp³-hybridized carbons (Fsp3) is 0.154. The van der Waals surface area contributed by atoms with Crippen molar-refractivity contribution in [3.63, 3.8) is 0 Å². The normalized spacial score (nSPS) is 17.3. The molecule has 5 rings (SSSR count). The number of anilines is 1. The van der Waals surface area contributed by atoms with Crippen LogP contribution in [0.3, 0.4) is 0 Å². The molecule has 4 aromatic rings. The van der Waals surface area contributed by atoms with E-state index in [4.69, 9.17) is 10.1 Å². The second-order valence-corrected chi connectivity index (χ2v) is 10.9. The fourth-order valence-electron chi connectivity index (χ4n) is 4.16. The Balaban J connectivity index is 1.76. The third kappa shape index (κ3) is 3.53. The molecule has 0 spiro atoms. The quantitative estimate of drug-likeness (QED) is 0.376. The van der Waals surface area contributed by atoms with Crippen molar-refractivity contribution in [1.29, 1.82) is 0 Å². The molecule has 0 amide bonds. The third-order valence-corrected chi connectivity index (χ3v) is 8.88. The second-order valence-electron chi connectivity index (χ2n) is 8.43. The lowest BCUT2D eigenvalue weighted by Crippen LogP contribution is -2.37. The molecule has 1 atom stereocenters. The van der Waals surface area contributed by atoms with Crippen LogP contribution in [0.25, 0.3) is 5.69 Å². The van der Waals surface area contributed by atoms with E-state index in [9.17, 15) is 8.96 Å². The van der Waals surface area contributed by atoms with Crippen LogP contribution in [0.2, 0.25) is 0 Å². The van der Waals surface area contributed by atoms with E-state index >= 15 is 0 Å². The first kappa shape index (κ1) is 22.1. The molecule has 6 nitrogen and oxygen atoms in total. The summed E-state index contributed by atoms with van der Waals surface area (Å²) < 4.78 is 33.0. The number of hydrogen-bond donors (Lipinski definition) is 1. The number of nitrogens with one attached hydrogen (secondary N) is 1. The molecule has 1 N–H and O–H groups in total. The summed E-state index contributed by atoms with van der Waals surface area (Å²) in [6.07, 6.45) is 0. The number of para-hydroxylation sites is 1. The van der Waals surface area contributed by atoms with Gasteiger partial charge in [-0.3, -0.25) is 9.24 Å². The average Bonchev–Trinajstić information content (AvgIpc) is 3.17. The molecule has 2 heterocycles. The number of aryl methyl sites for hydroxylation is 3. The van der Waals surface area contributed by atoms with E-state index in [1.54, 1.807) is 34.6 Å². The maximum atomic E-state index is 14.9. The average molecular weight is 473 g/mol. The van der Waals surface area contributed by atoms with Gasteiger partial charge < -0.3 is 5.09 Å². The van der Waals surface area contributed by atoms with Crippen LogP contribution in [0.5, 0.6) is 0 Å². The van der Waals surface area contributed by atoms with E-state index in [-0.39, 0.29) is 11.4 Å². The van der Waals surface area contributed by atoms with E-state index in [2.05, 4.69) is 5.09 Å².